The van der Waals surface area contributed by atoms with Gasteiger partial charge >= 0.3 is 5.97 Å². The zero-order chi connectivity index (χ0) is 17.8. The van der Waals surface area contributed by atoms with Gasteiger partial charge in [-0.05, 0) is 0 Å². The van der Waals surface area contributed by atoms with Crippen molar-refractivity contribution in [2.75, 3.05) is 20.3 Å². The van der Waals surface area contributed by atoms with Crippen molar-refractivity contribution in [2.24, 2.45) is 0 Å². The van der Waals surface area contributed by atoms with Gasteiger partial charge in [0.25, 0.3) is 5.79 Å². The molecule has 0 spiro atoms. The highest BCUT2D eigenvalue weighted by atomic mass is 16.7. The summed E-state index contributed by atoms with van der Waals surface area (Å²) in [6.07, 6.45) is -6.91. The molecule has 0 bridgehead atoms. The number of amides is 1. The molecule has 0 aromatic carbocycles. The van der Waals surface area contributed by atoms with Gasteiger partial charge in [0.1, 0.15) is 24.9 Å². The fourth-order valence-electron chi connectivity index (χ4n) is 2.34. The van der Waals surface area contributed by atoms with Gasteiger partial charge in [0.2, 0.25) is 5.91 Å². The number of aliphatic hydroxyl groups excluding tert-OH is 4. The van der Waals surface area contributed by atoms with Crippen LogP contribution in [0, 0.1) is 0 Å². The second-order valence-corrected chi connectivity index (χ2v) is 5.14. The van der Waals surface area contributed by atoms with E-state index in [0.717, 1.165) is 7.11 Å². The number of rotatable bonds is 7. The number of carbonyl (C=O) groups excluding carboxylic acids is 1. The largest absolute Gasteiger partial charge is 0.477 e. The molecule has 23 heavy (non-hydrogen) atoms. The molecule has 0 aliphatic carbocycles. The van der Waals surface area contributed by atoms with Crippen molar-refractivity contribution in [1.29, 1.82) is 0 Å². The van der Waals surface area contributed by atoms with E-state index in [9.17, 15) is 24.9 Å². The molecule has 1 saturated heterocycles. The Bertz CT molecular complexity index is 428. The average Bonchev–Trinajstić information content (AvgIpc) is 2.50. The van der Waals surface area contributed by atoms with Crippen molar-refractivity contribution in [3.05, 3.63) is 0 Å². The van der Waals surface area contributed by atoms with E-state index in [0.29, 0.717) is 0 Å². The van der Waals surface area contributed by atoms with Crippen LogP contribution >= 0.6 is 0 Å². The molecule has 1 fully saturated rings. The van der Waals surface area contributed by atoms with Crippen molar-refractivity contribution in [3.8, 4) is 0 Å². The van der Waals surface area contributed by atoms with Crippen molar-refractivity contribution >= 4 is 11.9 Å². The lowest BCUT2D eigenvalue weighted by Gasteiger charge is -2.45. The molecule has 7 N–H and O–H groups in total. The lowest BCUT2D eigenvalue weighted by atomic mass is 9.88. The van der Waals surface area contributed by atoms with Crippen LogP contribution in [0.4, 0.5) is 0 Å². The number of ether oxygens (including phenoxy) is 2. The first-order valence-corrected chi connectivity index (χ1v) is 6.73. The van der Waals surface area contributed by atoms with Crippen molar-refractivity contribution in [3.63, 3.8) is 0 Å². The van der Waals surface area contributed by atoms with Crippen LogP contribution in [0.5, 0.6) is 0 Å². The summed E-state index contributed by atoms with van der Waals surface area (Å²) in [6.45, 7) is -1.58. The Balaban J connectivity index is 3.11. The third-order valence-corrected chi connectivity index (χ3v) is 3.59. The van der Waals surface area contributed by atoms with Gasteiger partial charge in [-0.1, -0.05) is 0 Å². The minimum absolute atomic E-state index is 0.667. The monoisotopic (exact) mass is 339 g/mol. The number of aliphatic carboxylic acids is 1. The number of hydrogen-bond donors (Lipinski definition) is 7. The summed E-state index contributed by atoms with van der Waals surface area (Å²) in [5.41, 5.74) is 0. The molecule has 1 aliphatic heterocycles. The molecule has 0 aromatic heterocycles. The zero-order valence-corrected chi connectivity index (χ0v) is 12.3. The van der Waals surface area contributed by atoms with Gasteiger partial charge in [0.15, 0.2) is 0 Å². The fraction of sp³-hybridized carbons (Fsp3) is 0.833. The maximum absolute atomic E-state index is 11.3. The Morgan fingerprint density at radius 2 is 2.04 bits per heavy atom. The van der Waals surface area contributed by atoms with Crippen molar-refractivity contribution < 1.29 is 49.7 Å². The molecule has 1 rings (SSSR count). The fourth-order valence-corrected chi connectivity index (χ4v) is 2.34. The van der Waals surface area contributed by atoms with Crippen LogP contribution in [0.25, 0.3) is 0 Å². The molecule has 0 radical (unpaired) electrons. The predicted octanol–water partition coefficient (Wildman–Crippen LogP) is -4.25. The highest BCUT2D eigenvalue weighted by molar-refractivity contribution is 5.78. The number of carboxylic acids is 1. The first kappa shape index (κ1) is 19.7. The molecule has 0 aromatic rings. The summed E-state index contributed by atoms with van der Waals surface area (Å²) in [5.74, 6) is -5.49. The van der Waals surface area contributed by atoms with E-state index < -0.39 is 67.8 Å². The van der Waals surface area contributed by atoms with E-state index in [2.05, 4.69) is 5.32 Å². The van der Waals surface area contributed by atoms with Crippen LogP contribution in [0.15, 0.2) is 0 Å². The zero-order valence-electron chi connectivity index (χ0n) is 12.3. The lowest BCUT2D eigenvalue weighted by Crippen LogP contribution is -2.67. The molecule has 1 amide bonds. The van der Waals surface area contributed by atoms with E-state index in [1.54, 1.807) is 0 Å². The Morgan fingerprint density at radius 3 is 2.48 bits per heavy atom. The van der Waals surface area contributed by atoms with Gasteiger partial charge < -0.3 is 45.4 Å². The van der Waals surface area contributed by atoms with Crippen molar-refractivity contribution in [1.82, 2.24) is 5.32 Å². The van der Waals surface area contributed by atoms with E-state index in [4.69, 9.17) is 24.8 Å². The van der Waals surface area contributed by atoms with Crippen LogP contribution < -0.4 is 5.32 Å². The predicted molar refractivity (Wildman–Crippen MR) is 71.0 cm³/mol. The molecule has 6 atom stereocenters. The molecular weight excluding hydrogens is 318 g/mol. The average molecular weight is 339 g/mol. The van der Waals surface area contributed by atoms with Crippen LogP contribution in [-0.2, 0) is 19.1 Å². The number of hydrogen-bond acceptors (Lipinski definition) is 9. The van der Waals surface area contributed by atoms with Gasteiger partial charge in [0, 0.05) is 13.5 Å². The standard InChI is InChI=1S/C12H21NO10/c1-22-6(3-14)9(18)10-8(13-7(17)4-15)5(16)2-12(21,23-10)11(19)20/h5-6,8-10,14-16,18,21H,2-4H2,1H3,(H,13,17)(H,19,20)/t5-,6?,8+,9?,10+,12?/m0/s1. The molecule has 1 aliphatic rings. The van der Waals surface area contributed by atoms with Crippen molar-refractivity contribution in [2.45, 2.75) is 42.7 Å². The number of aliphatic hydroxyl groups is 5. The summed E-state index contributed by atoms with van der Waals surface area (Å²) in [4.78, 5) is 22.4. The maximum Gasteiger partial charge on any atom is 0.364 e. The number of carboxylic acid groups (broad SMARTS) is 1. The minimum atomic E-state index is -2.79. The second-order valence-electron chi connectivity index (χ2n) is 5.14. The third kappa shape index (κ3) is 4.35. The quantitative estimate of drug-likeness (QED) is 0.239. The van der Waals surface area contributed by atoms with Gasteiger partial charge in [0.05, 0.1) is 18.8 Å². The third-order valence-electron chi connectivity index (χ3n) is 3.59. The van der Waals surface area contributed by atoms with E-state index in [1.807, 2.05) is 0 Å². The normalized spacial score (nSPS) is 33.7. The lowest BCUT2D eigenvalue weighted by molar-refractivity contribution is -0.295. The summed E-state index contributed by atoms with van der Waals surface area (Å²) in [7, 11) is 1.16. The Hall–Kier alpha value is -1.34. The Morgan fingerprint density at radius 1 is 1.43 bits per heavy atom. The number of nitrogens with one attached hydrogen (secondary N) is 1. The van der Waals surface area contributed by atoms with Crippen LogP contribution in [0.3, 0.4) is 0 Å². The molecule has 3 unspecified atom stereocenters. The first-order valence-electron chi connectivity index (χ1n) is 6.73. The smallest absolute Gasteiger partial charge is 0.364 e. The van der Waals surface area contributed by atoms with Gasteiger partial charge in [-0.25, -0.2) is 4.79 Å². The van der Waals surface area contributed by atoms with Crippen LogP contribution in [0.1, 0.15) is 6.42 Å². The SMILES string of the molecule is COC(CO)C(O)[C@@H]1OC(O)(C(=O)O)C[C@H](O)[C@H]1NC(=O)CO. The van der Waals surface area contributed by atoms with Gasteiger partial charge in [-0.15, -0.1) is 0 Å². The summed E-state index contributed by atoms with van der Waals surface area (Å²) in [5, 5.41) is 59.2. The van der Waals surface area contributed by atoms with E-state index in [-0.39, 0.29) is 0 Å². The Kier molecular flexibility index (Phi) is 6.83. The minimum Gasteiger partial charge on any atom is -0.477 e. The molecule has 11 nitrogen and oxygen atoms in total. The molecule has 11 heteroatoms. The van der Waals surface area contributed by atoms with Crippen LogP contribution in [-0.4, -0.2) is 99.1 Å². The second kappa shape index (κ2) is 7.97. The first-order chi connectivity index (χ1) is 10.7. The topological polar surface area (TPSA) is 186 Å². The Labute approximate surface area is 131 Å². The molecule has 0 saturated carbocycles. The number of carbonyl (C=O) groups is 2. The molecule has 134 valence electrons. The molecular formula is C12H21NO10. The molecule has 1 heterocycles. The maximum atomic E-state index is 11.3. The van der Waals surface area contributed by atoms with E-state index >= 15 is 0 Å². The van der Waals surface area contributed by atoms with Crippen LogP contribution in [0.2, 0.25) is 0 Å². The van der Waals surface area contributed by atoms with Gasteiger partial charge in [-0.2, -0.15) is 0 Å². The highest BCUT2D eigenvalue weighted by Crippen LogP contribution is 2.30. The summed E-state index contributed by atoms with van der Waals surface area (Å²) < 4.78 is 9.77. The summed E-state index contributed by atoms with van der Waals surface area (Å²) in [6, 6.07) is -1.34. The van der Waals surface area contributed by atoms with Gasteiger partial charge in [-0.3, -0.25) is 4.79 Å². The highest BCUT2D eigenvalue weighted by Gasteiger charge is 2.54. The summed E-state index contributed by atoms with van der Waals surface area (Å²) >= 11 is 0. The number of methoxy groups -OCH3 is 1. The van der Waals surface area contributed by atoms with E-state index in [1.165, 1.54) is 0 Å².